The van der Waals surface area contributed by atoms with Crippen LogP contribution in [0.4, 0.5) is 0 Å². The monoisotopic (exact) mass is 274 g/mol. The molecule has 0 saturated heterocycles. The highest BCUT2D eigenvalue weighted by molar-refractivity contribution is 7.80. The Kier molecular flexibility index (Phi) is 4.71. The van der Waals surface area contributed by atoms with Crippen LogP contribution in [0.1, 0.15) is 23.8 Å². The van der Waals surface area contributed by atoms with Crippen molar-refractivity contribution in [3.8, 4) is 0 Å². The van der Waals surface area contributed by atoms with Gasteiger partial charge in [-0.1, -0.05) is 37.3 Å². The van der Waals surface area contributed by atoms with E-state index >= 15 is 0 Å². The average molecular weight is 274 g/mol. The Morgan fingerprint density at radius 3 is 2.74 bits per heavy atom. The first kappa shape index (κ1) is 13.8. The second-order valence-electron chi connectivity index (χ2n) is 4.45. The third-order valence-corrected chi connectivity index (χ3v) is 3.26. The molecule has 0 atom stereocenters. The number of hydrogen-bond acceptors (Lipinski definition) is 3. The van der Waals surface area contributed by atoms with E-state index in [0.29, 0.717) is 4.99 Å². The van der Waals surface area contributed by atoms with Gasteiger partial charge in [-0.3, -0.25) is 4.90 Å². The summed E-state index contributed by atoms with van der Waals surface area (Å²) in [5.74, 6) is 0.979. The second kappa shape index (κ2) is 6.50. The standard InChI is InChI=1S/C15H18N2OS/c1-2-17(11-14-7-4-8-18-14)10-12-5-3-6-13(9-12)15(16)19/h3-9H,2,10-11H2,1H3,(H2,16,19). The fourth-order valence-corrected chi connectivity index (χ4v) is 2.11. The molecule has 0 aliphatic heterocycles. The molecule has 100 valence electrons. The van der Waals surface area contributed by atoms with Crippen molar-refractivity contribution >= 4 is 17.2 Å². The number of furan rings is 1. The molecule has 3 nitrogen and oxygen atoms in total. The van der Waals surface area contributed by atoms with Crippen molar-refractivity contribution in [1.29, 1.82) is 0 Å². The number of hydrogen-bond donors (Lipinski definition) is 1. The van der Waals surface area contributed by atoms with Crippen LogP contribution in [0.15, 0.2) is 47.1 Å². The molecule has 0 amide bonds. The van der Waals surface area contributed by atoms with Gasteiger partial charge in [0.15, 0.2) is 0 Å². The molecule has 2 rings (SSSR count). The Balaban J connectivity index is 2.05. The minimum atomic E-state index is 0.441. The summed E-state index contributed by atoms with van der Waals surface area (Å²) >= 11 is 5.01. The van der Waals surface area contributed by atoms with E-state index < -0.39 is 0 Å². The maximum Gasteiger partial charge on any atom is 0.117 e. The smallest absolute Gasteiger partial charge is 0.117 e. The van der Waals surface area contributed by atoms with Crippen molar-refractivity contribution < 1.29 is 4.42 Å². The van der Waals surface area contributed by atoms with Crippen molar-refractivity contribution in [2.24, 2.45) is 5.73 Å². The lowest BCUT2D eigenvalue weighted by molar-refractivity contribution is 0.248. The molecule has 1 aromatic carbocycles. The van der Waals surface area contributed by atoms with E-state index in [9.17, 15) is 0 Å². The molecule has 2 aromatic rings. The molecule has 1 heterocycles. The molecule has 19 heavy (non-hydrogen) atoms. The molecule has 0 spiro atoms. The molecule has 0 bridgehead atoms. The van der Waals surface area contributed by atoms with Crippen LogP contribution in [0, 0.1) is 0 Å². The van der Waals surface area contributed by atoms with Crippen LogP contribution >= 0.6 is 12.2 Å². The largest absolute Gasteiger partial charge is 0.468 e. The molecule has 0 fully saturated rings. The minimum absolute atomic E-state index is 0.441. The normalized spacial score (nSPS) is 10.8. The first-order valence-electron chi connectivity index (χ1n) is 6.32. The summed E-state index contributed by atoms with van der Waals surface area (Å²) < 4.78 is 5.38. The third-order valence-electron chi connectivity index (χ3n) is 3.02. The summed E-state index contributed by atoms with van der Waals surface area (Å²) in [6.07, 6.45) is 1.71. The van der Waals surface area contributed by atoms with Crippen LogP contribution in [-0.2, 0) is 13.1 Å². The maximum atomic E-state index is 5.66. The summed E-state index contributed by atoms with van der Waals surface area (Å²) in [5.41, 5.74) is 7.78. The summed E-state index contributed by atoms with van der Waals surface area (Å²) in [6.45, 7) is 4.76. The van der Waals surface area contributed by atoms with Gasteiger partial charge in [0.2, 0.25) is 0 Å². The van der Waals surface area contributed by atoms with Crippen LogP contribution in [0.2, 0.25) is 0 Å². The van der Waals surface area contributed by atoms with E-state index in [1.54, 1.807) is 6.26 Å². The molecular weight excluding hydrogens is 256 g/mol. The van der Waals surface area contributed by atoms with Gasteiger partial charge in [0.1, 0.15) is 10.7 Å². The van der Waals surface area contributed by atoms with Gasteiger partial charge < -0.3 is 10.2 Å². The number of benzene rings is 1. The van der Waals surface area contributed by atoms with E-state index in [0.717, 1.165) is 31.0 Å². The number of thiocarbonyl (C=S) groups is 1. The fraction of sp³-hybridized carbons (Fsp3) is 0.267. The first-order chi connectivity index (χ1) is 9.19. The molecule has 0 saturated carbocycles. The van der Waals surface area contributed by atoms with Crippen LogP contribution in [0.3, 0.4) is 0 Å². The first-order valence-corrected chi connectivity index (χ1v) is 6.73. The SMILES string of the molecule is CCN(Cc1cccc(C(N)=S)c1)Cc1ccco1. The van der Waals surface area contributed by atoms with Crippen molar-refractivity contribution in [1.82, 2.24) is 4.90 Å². The van der Waals surface area contributed by atoms with Crippen molar-refractivity contribution in [3.63, 3.8) is 0 Å². The van der Waals surface area contributed by atoms with Crippen molar-refractivity contribution in [3.05, 3.63) is 59.5 Å². The van der Waals surface area contributed by atoms with Gasteiger partial charge in [0.05, 0.1) is 12.8 Å². The second-order valence-corrected chi connectivity index (χ2v) is 4.89. The summed E-state index contributed by atoms with van der Waals surface area (Å²) in [6, 6.07) is 12.0. The Labute approximate surface area is 119 Å². The lowest BCUT2D eigenvalue weighted by atomic mass is 10.1. The van der Waals surface area contributed by atoms with Crippen molar-refractivity contribution in [2.45, 2.75) is 20.0 Å². The predicted octanol–water partition coefficient (Wildman–Crippen LogP) is 2.94. The third kappa shape index (κ3) is 3.91. The van der Waals surface area contributed by atoms with Gasteiger partial charge in [-0.15, -0.1) is 0 Å². The number of nitrogens with two attached hydrogens (primary N) is 1. The zero-order chi connectivity index (χ0) is 13.7. The summed E-state index contributed by atoms with van der Waals surface area (Å²) in [5, 5.41) is 0. The van der Waals surface area contributed by atoms with Gasteiger partial charge >= 0.3 is 0 Å². The minimum Gasteiger partial charge on any atom is -0.468 e. The molecule has 0 aliphatic rings. The van der Waals surface area contributed by atoms with Gasteiger partial charge in [0, 0.05) is 12.1 Å². The molecule has 2 N–H and O–H groups in total. The van der Waals surface area contributed by atoms with Gasteiger partial charge in [-0.25, -0.2) is 0 Å². The fourth-order valence-electron chi connectivity index (χ4n) is 1.98. The highest BCUT2D eigenvalue weighted by Crippen LogP contribution is 2.12. The van der Waals surface area contributed by atoms with E-state index in [4.69, 9.17) is 22.4 Å². The number of rotatable bonds is 6. The lowest BCUT2D eigenvalue weighted by Crippen LogP contribution is -2.22. The molecule has 0 aliphatic carbocycles. The molecule has 1 aromatic heterocycles. The Morgan fingerprint density at radius 2 is 2.11 bits per heavy atom. The molecular formula is C15H18N2OS. The van der Waals surface area contributed by atoms with Crippen LogP contribution in [0.5, 0.6) is 0 Å². The van der Waals surface area contributed by atoms with E-state index in [2.05, 4.69) is 17.9 Å². The van der Waals surface area contributed by atoms with Crippen molar-refractivity contribution in [2.75, 3.05) is 6.54 Å². The van der Waals surface area contributed by atoms with Crippen LogP contribution in [-0.4, -0.2) is 16.4 Å². The highest BCUT2D eigenvalue weighted by Gasteiger charge is 2.07. The van der Waals surface area contributed by atoms with E-state index in [1.807, 2.05) is 30.3 Å². The summed E-state index contributed by atoms with van der Waals surface area (Å²) in [4.78, 5) is 2.74. The Bertz CT molecular complexity index is 537. The lowest BCUT2D eigenvalue weighted by Gasteiger charge is -2.19. The van der Waals surface area contributed by atoms with Gasteiger partial charge in [-0.2, -0.15) is 0 Å². The Hall–Kier alpha value is -1.65. The quantitative estimate of drug-likeness (QED) is 0.822. The topological polar surface area (TPSA) is 42.4 Å². The highest BCUT2D eigenvalue weighted by atomic mass is 32.1. The molecule has 4 heteroatoms. The van der Waals surface area contributed by atoms with Gasteiger partial charge in [0.25, 0.3) is 0 Å². The average Bonchev–Trinajstić information content (AvgIpc) is 2.91. The van der Waals surface area contributed by atoms with Gasteiger partial charge in [-0.05, 0) is 30.3 Å². The summed E-state index contributed by atoms with van der Waals surface area (Å²) in [7, 11) is 0. The molecule has 0 unspecified atom stereocenters. The predicted molar refractivity (Wildman–Crippen MR) is 80.8 cm³/mol. The molecule has 0 radical (unpaired) electrons. The van der Waals surface area contributed by atoms with E-state index in [1.165, 1.54) is 5.56 Å². The van der Waals surface area contributed by atoms with Crippen LogP contribution < -0.4 is 5.73 Å². The van der Waals surface area contributed by atoms with E-state index in [-0.39, 0.29) is 0 Å². The zero-order valence-electron chi connectivity index (χ0n) is 11.0. The zero-order valence-corrected chi connectivity index (χ0v) is 11.8. The van der Waals surface area contributed by atoms with Crippen LogP contribution in [0.25, 0.3) is 0 Å². The Morgan fingerprint density at radius 1 is 1.26 bits per heavy atom. The maximum absolute atomic E-state index is 5.66. The number of nitrogens with zero attached hydrogens (tertiary/aromatic N) is 1.